The Kier molecular flexibility index (Phi) is 6.41. The number of thioether (sulfide) groups is 1. The Morgan fingerprint density at radius 1 is 1.37 bits per heavy atom. The summed E-state index contributed by atoms with van der Waals surface area (Å²) >= 11 is 1.87. The molecule has 0 amide bonds. The molecule has 0 heterocycles. The van der Waals surface area contributed by atoms with Gasteiger partial charge in [0.15, 0.2) is 0 Å². The summed E-state index contributed by atoms with van der Waals surface area (Å²) in [6, 6.07) is 10.9. The van der Waals surface area contributed by atoms with Gasteiger partial charge in [0.1, 0.15) is 0 Å². The number of rotatable bonds is 7. The van der Waals surface area contributed by atoms with Crippen LogP contribution in [0.1, 0.15) is 51.6 Å². The third kappa shape index (κ3) is 6.13. The third-order valence-electron chi connectivity index (χ3n) is 3.15. The zero-order valence-corrected chi connectivity index (χ0v) is 13.0. The van der Waals surface area contributed by atoms with Crippen molar-refractivity contribution < 1.29 is 0 Å². The minimum absolute atomic E-state index is 0.0944. The van der Waals surface area contributed by atoms with E-state index in [1.807, 2.05) is 32.5 Å². The van der Waals surface area contributed by atoms with Crippen LogP contribution in [0.5, 0.6) is 0 Å². The van der Waals surface area contributed by atoms with E-state index in [1.165, 1.54) is 10.5 Å². The van der Waals surface area contributed by atoms with Crippen LogP contribution in [-0.2, 0) is 0 Å². The van der Waals surface area contributed by atoms with Gasteiger partial charge in [0.25, 0.3) is 0 Å². The van der Waals surface area contributed by atoms with Gasteiger partial charge in [-0.15, -0.1) is 11.8 Å². The normalized spacial score (nSPS) is 13.0. The lowest BCUT2D eigenvalue weighted by molar-refractivity contribution is 0.433. The van der Waals surface area contributed by atoms with E-state index in [9.17, 15) is 0 Å². The molecule has 1 aromatic carbocycles. The average molecular weight is 276 g/mol. The number of nitrogens with two attached hydrogens (primary N) is 1. The Balaban J connectivity index is 2.30. The lowest BCUT2D eigenvalue weighted by Gasteiger charge is -2.14. The van der Waals surface area contributed by atoms with Crippen molar-refractivity contribution in [3.05, 3.63) is 29.8 Å². The number of unbranched alkanes of at least 4 members (excludes halogenated alkanes) is 1. The maximum Gasteiger partial charge on any atom is 0.0683 e. The van der Waals surface area contributed by atoms with Gasteiger partial charge in [-0.25, -0.2) is 0 Å². The molecule has 0 aliphatic rings. The largest absolute Gasteiger partial charge is 0.324 e. The number of hydrogen-bond donors (Lipinski definition) is 1. The molecule has 0 bridgehead atoms. The van der Waals surface area contributed by atoms with Crippen molar-refractivity contribution in [1.82, 2.24) is 0 Å². The Morgan fingerprint density at radius 3 is 2.74 bits per heavy atom. The fourth-order valence-corrected chi connectivity index (χ4v) is 2.78. The van der Waals surface area contributed by atoms with Crippen molar-refractivity contribution in [3.63, 3.8) is 0 Å². The highest BCUT2D eigenvalue weighted by molar-refractivity contribution is 7.99. The lowest BCUT2D eigenvalue weighted by Crippen LogP contribution is -2.07. The molecule has 0 aromatic heterocycles. The van der Waals surface area contributed by atoms with Crippen molar-refractivity contribution in [2.45, 2.75) is 51.0 Å². The lowest BCUT2D eigenvalue weighted by atomic mass is 9.89. The van der Waals surface area contributed by atoms with Crippen molar-refractivity contribution >= 4 is 11.8 Å². The van der Waals surface area contributed by atoms with E-state index in [-0.39, 0.29) is 11.5 Å². The van der Waals surface area contributed by atoms with E-state index < -0.39 is 0 Å². The van der Waals surface area contributed by atoms with E-state index in [4.69, 9.17) is 11.0 Å². The predicted octanol–water partition coefficient (Wildman–Crippen LogP) is 4.52. The number of hydrogen-bond acceptors (Lipinski definition) is 3. The minimum atomic E-state index is -0.181. The summed E-state index contributed by atoms with van der Waals surface area (Å²) in [5, 5.41) is 8.94. The second-order valence-electron chi connectivity index (χ2n) is 5.66. The van der Waals surface area contributed by atoms with Crippen molar-refractivity contribution in [1.29, 1.82) is 5.26 Å². The van der Waals surface area contributed by atoms with Crippen LogP contribution in [-0.4, -0.2) is 5.75 Å². The van der Waals surface area contributed by atoms with Gasteiger partial charge in [-0.05, 0) is 57.1 Å². The molecule has 0 radical (unpaired) electrons. The highest BCUT2D eigenvalue weighted by Gasteiger charge is 2.15. The monoisotopic (exact) mass is 276 g/mol. The summed E-state index contributed by atoms with van der Waals surface area (Å²) in [6.07, 6.45) is 3.24. The van der Waals surface area contributed by atoms with Gasteiger partial charge < -0.3 is 5.73 Å². The third-order valence-corrected chi connectivity index (χ3v) is 4.23. The van der Waals surface area contributed by atoms with Crippen LogP contribution in [0.4, 0.5) is 0 Å². The first-order valence-electron chi connectivity index (χ1n) is 6.84. The molecule has 0 aliphatic heterocycles. The van der Waals surface area contributed by atoms with Crippen LogP contribution in [0.2, 0.25) is 0 Å². The van der Waals surface area contributed by atoms with Gasteiger partial charge in [0, 0.05) is 10.9 Å². The maximum atomic E-state index is 8.94. The highest BCUT2D eigenvalue weighted by atomic mass is 32.2. The second-order valence-corrected chi connectivity index (χ2v) is 6.83. The van der Waals surface area contributed by atoms with Gasteiger partial charge >= 0.3 is 0 Å². The number of benzene rings is 1. The molecule has 1 aromatic rings. The van der Waals surface area contributed by atoms with Crippen LogP contribution in [0.25, 0.3) is 0 Å². The molecular formula is C16H24N2S. The molecule has 104 valence electrons. The molecule has 1 unspecified atom stereocenters. The first-order chi connectivity index (χ1) is 8.94. The molecule has 0 saturated carbocycles. The molecule has 2 nitrogen and oxygen atoms in total. The quantitative estimate of drug-likeness (QED) is 0.588. The molecule has 19 heavy (non-hydrogen) atoms. The summed E-state index contributed by atoms with van der Waals surface area (Å²) in [7, 11) is 0. The van der Waals surface area contributed by atoms with Gasteiger partial charge in [0.2, 0.25) is 0 Å². The van der Waals surface area contributed by atoms with Crippen LogP contribution in [0.15, 0.2) is 29.2 Å². The second kappa shape index (κ2) is 7.57. The van der Waals surface area contributed by atoms with Gasteiger partial charge in [0.05, 0.1) is 11.5 Å². The van der Waals surface area contributed by atoms with Crippen LogP contribution in [0.3, 0.4) is 0 Å². The van der Waals surface area contributed by atoms with E-state index in [0.717, 1.165) is 25.0 Å². The molecular weight excluding hydrogens is 252 g/mol. The average Bonchev–Trinajstić information content (AvgIpc) is 2.38. The van der Waals surface area contributed by atoms with Crippen molar-refractivity contribution in [3.8, 4) is 6.07 Å². The fourth-order valence-electron chi connectivity index (χ4n) is 1.80. The molecule has 2 N–H and O–H groups in total. The summed E-state index contributed by atoms with van der Waals surface area (Å²) in [5.41, 5.74) is 6.89. The molecule has 0 aliphatic carbocycles. The summed E-state index contributed by atoms with van der Waals surface area (Å²) < 4.78 is 0. The molecule has 0 saturated heterocycles. The van der Waals surface area contributed by atoms with Gasteiger partial charge in [-0.3, -0.25) is 0 Å². The molecule has 3 heteroatoms. The molecule has 0 spiro atoms. The maximum absolute atomic E-state index is 8.94. The number of nitrogens with zero attached hydrogens (tertiary/aromatic N) is 1. The zero-order chi connectivity index (χ0) is 14.3. The summed E-state index contributed by atoms with van der Waals surface area (Å²) in [4.78, 5) is 1.29. The molecule has 0 fully saturated rings. The Labute approximate surface area is 121 Å². The topological polar surface area (TPSA) is 49.8 Å². The SMILES string of the molecule is CC(N)c1cccc(SCCCCC(C)(C)C#N)c1. The Bertz CT molecular complexity index is 433. The van der Waals surface area contributed by atoms with Gasteiger partial charge in [-0.1, -0.05) is 18.6 Å². The van der Waals surface area contributed by atoms with Crippen LogP contribution in [0, 0.1) is 16.7 Å². The smallest absolute Gasteiger partial charge is 0.0683 e. The molecule has 1 rings (SSSR count). The standard InChI is InChI=1S/C16H24N2S/c1-13(18)14-7-6-8-15(11-14)19-10-5-4-9-16(2,3)12-17/h6-8,11,13H,4-5,9-10,18H2,1-3H3. The summed E-state index contributed by atoms with van der Waals surface area (Å²) in [6.45, 7) is 6.02. The van der Waals surface area contributed by atoms with Crippen LogP contribution < -0.4 is 5.73 Å². The zero-order valence-electron chi connectivity index (χ0n) is 12.1. The highest BCUT2D eigenvalue weighted by Crippen LogP contribution is 2.25. The fraction of sp³-hybridized carbons (Fsp3) is 0.562. The Hall–Kier alpha value is -0.980. The van der Waals surface area contributed by atoms with Crippen molar-refractivity contribution in [2.75, 3.05) is 5.75 Å². The van der Waals surface area contributed by atoms with E-state index >= 15 is 0 Å². The summed E-state index contributed by atoms with van der Waals surface area (Å²) in [5.74, 6) is 1.10. The van der Waals surface area contributed by atoms with Crippen LogP contribution >= 0.6 is 11.8 Å². The minimum Gasteiger partial charge on any atom is -0.324 e. The first-order valence-corrected chi connectivity index (χ1v) is 7.83. The van der Waals surface area contributed by atoms with E-state index in [2.05, 4.69) is 30.3 Å². The van der Waals surface area contributed by atoms with E-state index in [0.29, 0.717) is 0 Å². The number of nitriles is 1. The molecule has 1 atom stereocenters. The van der Waals surface area contributed by atoms with Gasteiger partial charge in [-0.2, -0.15) is 5.26 Å². The first kappa shape index (κ1) is 16.1. The van der Waals surface area contributed by atoms with Crippen molar-refractivity contribution in [2.24, 2.45) is 11.1 Å². The Morgan fingerprint density at radius 2 is 2.11 bits per heavy atom. The predicted molar refractivity (Wildman–Crippen MR) is 83.0 cm³/mol. The van der Waals surface area contributed by atoms with E-state index in [1.54, 1.807) is 0 Å².